The Labute approximate surface area is 205 Å². The summed E-state index contributed by atoms with van der Waals surface area (Å²) in [6, 6.07) is 14.0. The van der Waals surface area contributed by atoms with Gasteiger partial charge < -0.3 is 27.8 Å². The van der Waals surface area contributed by atoms with Gasteiger partial charge in [0, 0.05) is 66.6 Å². The molecule has 0 aliphatic carbocycles. The molecule has 6 nitrogen and oxygen atoms in total. The summed E-state index contributed by atoms with van der Waals surface area (Å²) in [5.74, 6) is 0. The summed E-state index contributed by atoms with van der Waals surface area (Å²) < 4.78 is 17.3. The molecule has 3 rings (SSSR count). The van der Waals surface area contributed by atoms with Crippen molar-refractivity contribution in [2.45, 2.75) is 44.3 Å². The molecule has 8 heteroatoms. The molecular weight excluding hydrogens is 444 g/mol. The third kappa shape index (κ3) is 6.98. The van der Waals surface area contributed by atoms with Crippen LogP contribution >= 0.6 is 0 Å². The summed E-state index contributed by atoms with van der Waals surface area (Å²) in [7, 11) is 4.26. The van der Waals surface area contributed by atoms with Crippen LogP contribution in [0.1, 0.15) is 25.7 Å². The Morgan fingerprint density at radius 2 is 1.12 bits per heavy atom. The van der Waals surface area contributed by atoms with Crippen LogP contribution in [-0.2, 0) is 8.85 Å². The number of benzene rings is 1. The van der Waals surface area contributed by atoms with Gasteiger partial charge in [-0.15, -0.1) is 0 Å². The van der Waals surface area contributed by atoms with Gasteiger partial charge in [0.2, 0.25) is 8.40 Å². The Balaban J connectivity index is 1.74. The molecule has 2 aliphatic rings. The lowest BCUT2D eigenvalue weighted by Gasteiger charge is -2.53. The maximum Gasteiger partial charge on any atom is 0.334 e. The predicted molar refractivity (Wildman–Crippen MR) is 144 cm³/mol. The molecule has 33 heavy (non-hydrogen) atoms. The Morgan fingerprint density at radius 3 is 1.58 bits per heavy atom. The highest BCUT2D eigenvalue weighted by Gasteiger charge is 2.48. The lowest BCUT2D eigenvalue weighted by Crippen LogP contribution is -2.76. The van der Waals surface area contributed by atoms with Crippen molar-refractivity contribution in [1.82, 2.24) is 18.9 Å². The van der Waals surface area contributed by atoms with Crippen LogP contribution in [0, 0.1) is 0 Å². The summed E-state index contributed by atoms with van der Waals surface area (Å²) in [4.78, 5) is 4.99. The minimum Gasteiger partial charge on any atom is -0.398 e. The van der Waals surface area contributed by atoms with E-state index in [4.69, 9.17) is 8.85 Å². The maximum atomic E-state index is 5.68. The Kier molecular flexibility index (Phi) is 10.6. The van der Waals surface area contributed by atoms with E-state index in [9.17, 15) is 0 Å². The molecule has 2 aliphatic heterocycles. The third-order valence-corrected chi connectivity index (χ3v) is 16.3. The molecule has 2 saturated heterocycles. The first kappa shape index (κ1) is 27.0. The van der Waals surface area contributed by atoms with Gasteiger partial charge in [-0.3, -0.25) is 0 Å². The lowest BCUT2D eigenvalue weighted by molar-refractivity contribution is 0.172. The van der Waals surface area contributed by atoms with Crippen molar-refractivity contribution in [2.75, 3.05) is 80.7 Å². The van der Waals surface area contributed by atoms with Gasteiger partial charge in [-0.05, 0) is 37.9 Å². The number of hydrogen-bond acceptors (Lipinski definition) is 6. The van der Waals surface area contributed by atoms with Crippen molar-refractivity contribution in [3.63, 3.8) is 0 Å². The lowest BCUT2D eigenvalue weighted by atomic mass is 10.2. The molecule has 0 aromatic heterocycles. The van der Waals surface area contributed by atoms with Gasteiger partial charge in [0.05, 0.1) is 0 Å². The molecule has 0 spiro atoms. The van der Waals surface area contributed by atoms with E-state index in [0.29, 0.717) is 0 Å². The molecule has 188 valence electrons. The van der Waals surface area contributed by atoms with Gasteiger partial charge in [-0.2, -0.15) is 0 Å². The normalized spacial score (nSPS) is 20.4. The summed E-state index contributed by atoms with van der Waals surface area (Å²) in [5, 5.41) is 1.62. The van der Waals surface area contributed by atoms with Crippen molar-refractivity contribution >= 4 is 22.1 Å². The van der Waals surface area contributed by atoms with Crippen LogP contribution in [0.15, 0.2) is 30.3 Å². The molecule has 1 aromatic rings. The molecule has 2 heterocycles. The molecule has 0 atom stereocenters. The van der Waals surface area contributed by atoms with Crippen molar-refractivity contribution in [2.24, 2.45) is 0 Å². The fraction of sp³-hybridized carbons (Fsp3) is 0.760. The molecule has 0 amide bonds. The monoisotopic (exact) mass is 492 g/mol. The van der Waals surface area contributed by atoms with E-state index >= 15 is 0 Å². The first-order chi connectivity index (χ1) is 15.9. The van der Waals surface area contributed by atoms with Crippen LogP contribution in [0.2, 0.25) is 18.6 Å². The van der Waals surface area contributed by atoms with Crippen molar-refractivity contribution in [1.29, 1.82) is 0 Å². The number of unbranched alkanes of at least 4 members (excludes halogenated alkanes) is 3. The summed E-state index contributed by atoms with van der Waals surface area (Å²) >= 11 is 0. The van der Waals surface area contributed by atoms with Gasteiger partial charge in [-0.1, -0.05) is 56.0 Å². The SMILES string of the molecule is CO[Si](C)(CCCCCC[Si](c1ccccc1)(N1CCN(C)CC1)N1CCN(C)CC1)OC. The van der Waals surface area contributed by atoms with Crippen molar-refractivity contribution in [3.05, 3.63) is 30.3 Å². The number of likely N-dealkylation sites (N-methyl/N-ethyl adjacent to an activating group) is 2. The molecular formula is C25H48N4O2Si2. The fourth-order valence-corrected chi connectivity index (χ4v) is 12.4. The zero-order valence-electron chi connectivity index (χ0n) is 21.9. The Morgan fingerprint density at radius 1 is 0.667 bits per heavy atom. The topological polar surface area (TPSA) is 31.4 Å². The zero-order valence-corrected chi connectivity index (χ0v) is 23.9. The van der Waals surface area contributed by atoms with E-state index < -0.39 is 17.0 Å². The minimum absolute atomic E-state index is 1.10. The molecule has 2 fully saturated rings. The molecule has 0 bridgehead atoms. The van der Waals surface area contributed by atoms with Crippen molar-refractivity contribution in [3.8, 4) is 0 Å². The average molecular weight is 493 g/mol. The highest BCUT2D eigenvalue weighted by Crippen LogP contribution is 2.27. The van der Waals surface area contributed by atoms with Gasteiger partial charge in [0.25, 0.3) is 0 Å². The smallest absolute Gasteiger partial charge is 0.334 e. The highest BCUT2D eigenvalue weighted by atomic mass is 28.4. The van der Waals surface area contributed by atoms with E-state index in [1.54, 1.807) is 5.19 Å². The molecule has 1 aromatic carbocycles. The third-order valence-electron chi connectivity index (χ3n) is 8.06. The van der Waals surface area contributed by atoms with Crippen LogP contribution < -0.4 is 5.19 Å². The van der Waals surface area contributed by atoms with Gasteiger partial charge in [0.1, 0.15) is 0 Å². The molecule has 0 saturated carbocycles. The van der Waals surface area contributed by atoms with E-state index in [2.05, 4.69) is 69.9 Å². The second kappa shape index (κ2) is 12.9. The average Bonchev–Trinajstić information content (AvgIpc) is 2.85. The first-order valence-corrected chi connectivity index (χ1v) is 17.6. The van der Waals surface area contributed by atoms with Crippen LogP contribution in [0.3, 0.4) is 0 Å². The molecule has 0 N–H and O–H groups in total. The predicted octanol–water partition coefficient (Wildman–Crippen LogP) is 2.76. The summed E-state index contributed by atoms with van der Waals surface area (Å²) in [6.45, 7) is 11.7. The quantitative estimate of drug-likeness (QED) is 0.329. The number of piperazine rings is 2. The minimum atomic E-state index is -1.97. The van der Waals surface area contributed by atoms with Gasteiger partial charge in [-0.25, -0.2) is 0 Å². The number of rotatable bonds is 12. The van der Waals surface area contributed by atoms with Crippen molar-refractivity contribution < 1.29 is 8.85 Å². The van der Waals surface area contributed by atoms with Gasteiger partial charge in [0.15, 0.2) is 0 Å². The standard InChI is InChI=1S/C25H48N4O2Si2/c1-26-15-19-28(20-16-26)33(25-13-9-8-10-14-25,29-21-17-27(2)18-22-29)24-12-7-6-11-23-32(5,30-3)31-4/h8-10,13-14H,6-7,11-12,15-24H2,1-5H3. The largest absolute Gasteiger partial charge is 0.398 e. The number of nitrogens with zero attached hydrogens (tertiary/aromatic N) is 4. The summed E-state index contributed by atoms with van der Waals surface area (Å²) in [6.07, 6.45) is 5.12. The second-order valence-electron chi connectivity index (χ2n) is 10.2. The number of hydrogen-bond donors (Lipinski definition) is 0. The van der Waals surface area contributed by atoms with E-state index in [-0.39, 0.29) is 0 Å². The van der Waals surface area contributed by atoms with E-state index in [1.807, 2.05) is 14.2 Å². The highest BCUT2D eigenvalue weighted by molar-refractivity contribution is 6.87. The van der Waals surface area contributed by atoms with E-state index in [0.717, 1.165) is 6.04 Å². The maximum absolute atomic E-state index is 5.68. The van der Waals surface area contributed by atoms with E-state index in [1.165, 1.54) is 84.1 Å². The zero-order chi connectivity index (χ0) is 23.7. The molecule has 0 radical (unpaired) electrons. The van der Waals surface area contributed by atoms with Crippen LogP contribution in [0.5, 0.6) is 0 Å². The van der Waals surface area contributed by atoms with Crippen LogP contribution in [0.25, 0.3) is 0 Å². The van der Waals surface area contributed by atoms with Gasteiger partial charge >= 0.3 is 8.56 Å². The second-order valence-corrected chi connectivity index (χ2v) is 17.8. The van der Waals surface area contributed by atoms with Crippen LogP contribution in [0.4, 0.5) is 0 Å². The Bertz CT molecular complexity index is 654. The van der Waals surface area contributed by atoms with Crippen LogP contribution in [-0.4, -0.2) is 117 Å². The fourth-order valence-electron chi connectivity index (χ4n) is 5.54. The molecule has 0 unspecified atom stereocenters. The first-order valence-electron chi connectivity index (χ1n) is 13.0. The Hall–Kier alpha value is -0.586. The summed E-state index contributed by atoms with van der Waals surface area (Å²) in [5.41, 5.74) is 0.